The molecule has 0 saturated carbocycles. The van der Waals surface area contributed by atoms with Crippen molar-refractivity contribution in [1.29, 1.82) is 0 Å². The minimum atomic E-state index is -4.42. The van der Waals surface area contributed by atoms with Crippen LogP contribution in [0.25, 0.3) is 0 Å². The minimum absolute atomic E-state index is 0. The van der Waals surface area contributed by atoms with Gasteiger partial charge in [0.25, 0.3) is 0 Å². The molecular formula is C16H18NaO3PS. The average Bonchev–Trinajstić information content (AvgIpc) is 2.45. The van der Waals surface area contributed by atoms with Gasteiger partial charge in [0, 0.05) is 0 Å². The van der Waals surface area contributed by atoms with Crippen molar-refractivity contribution in [2.75, 3.05) is 0 Å². The first kappa shape index (κ1) is 19.8. The quantitative estimate of drug-likeness (QED) is 0.406. The van der Waals surface area contributed by atoms with Crippen LogP contribution in [0.4, 0.5) is 0 Å². The third-order valence-corrected chi connectivity index (χ3v) is 5.56. The Labute approximate surface area is 156 Å². The molecule has 0 N–H and O–H groups in total. The zero-order valence-electron chi connectivity index (χ0n) is 12.9. The fraction of sp³-hybridized carbons (Fsp3) is 0.250. The molecule has 0 saturated heterocycles. The van der Waals surface area contributed by atoms with E-state index in [9.17, 15) is 13.0 Å². The molecule has 0 radical (unpaired) electrons. The number of unbranched alkanes of at least 4 members (excludes halogenated alkanes) is 1. The second kappa shape index (κ2) is 9.17. The van der Waals surface area contributed by atoms with Crippen LogP contribution in [-0.2, 0) is 16.5 Å². The van der Waals surface area contributed by atoms with Gasteiger partial charge in [0.05, 0.1) is 4.90 Å². The van der Waals surface area contributed by atoms with Crippen LogP contribution in [0.5, 0.6) is 0 Å². The number of rotatable bonds is 6. The van der Waals surface area contributed by atoms with Crippen molar-refractivity contribution in [3.63, 3.8) is 0 Å². The maximum Gasteiger partial charge on any atom is 1.00 e. The number of hydrogen-bond donors (Lipinski definition) is 0. The largest absolute Gasteiger partial charge is 1.00 e. The smallest absolute Gasteiger partial charge is 0.744 e. The Kier molecular flexibility index (Phi) is 8.26. The summed E-state index contributed by atoms with van der Waals surface area (Å²) in [5.74, 6) is 0. The fourth-order valence-electron chi connectivity index (χ4n) is 2.13. The molecule has 0 aromatic heterocycles. The van der Waals surface area contributed by atoms with Crippen molar-refractivity contribution in [2.45, 2.75) is 31.1 Å². The van der Waals surface area contributed by atoms with Crippen molar-refractivity contribution < 1.29 is 42.5 Å². The molecule has 1 unspecified atom stereocenters. The summed E-state index contributed by atoms with van der Waals surface area (Å²) >= 11 is 0. The summed E-state index contributed by atoms with van der Waals surface area (Å²) in [4.78, 5) is -0.109. The van der Waals surface area contributed by atoms with Crippen molar-refractivity contribution in [3.05, 3.63) is 54.1 Å². The maximum atomic E-state index is 11.3. The van der Waals surface area contributed by atoms with Gasteiger partial charge in [-0.15, -0.1) is 0 Å². The van der Waals surface area contributed by atoms with Crippen molar-refractivity contribution in [1.82, 2.24) is 0 Å². The van der Waals surface area contributed by atoms with E-state index < -0.39 is 10.1 Å². The van der Waals surface area contributed by atoms with Crippen LogP contribution in [0, 0.1) is 0 Å². The van der Waals surface area contributed by atoms with Crippen LogP contribution >= 0.6 is 8.58 Å². The van der Waals surface area contributed by atoms with Crippen molar-refractivity contribution in [2.24, 2.45) is 0 Å². The first-order chi connectivity index (χ1) is 10.0. The first-order valence-corrected chi connectivity index (χ1v) is 9.32. The zero-order valence-corrected chi connectivity index (χ0v) is 16.7. The summed E-state index contributed by atoms with van der Waals surface area (Å²) in [6, 6.07) is 14.6. The monoisotopic (exact) mass is 344 g/mol. The van der Waals surface area contributed by atoms with Gasteiger partial charge in [0.15, 0.2) is 0 Å². The Morgan fingerprint density at radius 2 is 1.82 bits per heavy atom. The van der Waals surface area contributed by atoms with Crippen LogP contribution in [-0.4, -0.2) is 13.0 Å². The fourth-order valence-corrected chi connectivity index (χ4v) is 4.37. The van der Waals surface area contributed by atoms with Gasteiger partial charge in [0.2, 0.25) is 0 Å². The third kappa shape index (κ3) is 5.77. The Bertz CT molecular complexity index is 717. The van der Waals surface area contributed by atoms with E-state index >= 15 is 0 Å². The van der Waals surface area contributed by atoms with Crippen LogP contribution in [0.1, 0.15) is 25.3 Å². The van der Waals surface area contributed by atoms with E-state index in [1.807, 2.05) is 12.1 Å². The standard InChI is InChI=1S/C16H19O3PS.Na/c1-2-3-7-13-8-6-9-14(12-13)20-15-10-4-5-11-16(15)21(17,18)19;/h4-6,8-12,20H,2-3,7H2,1H3,(H,17,18,19);/q;+1/p-1. The molecule has 22 heavy (non-hydrogen) atoms. The summed E-state index contributed by atoms with van der Waals surface area (Å²) in [6.45, 7) is 2.15. The summed E-state index contributed by atoms with van der Waals surface area (Å²) in [6.07, 6.45) is 3.30. The van der Waals surface area contributed by atoms with E-state index in [-0.39, 0.29) is 43.0 Å². The van der Waals surface area contributed by atoms with Gasteiger partial charge in [-0.3, -0.25) is 0 Å². The molecule has 0 amide bonds. The van der Waals surface area contributed by atoms with Crippen LogP contribution in [0.15, 0.2) is 53.4 Å². The number of benzene rings is 2. The molecule has 0 aliphatic heterocycles. The normalized spacial score (nSPS) is 11.5. The number of hydrogen-bond acceptors (Lipinski definition) is 3. The van der Waals surface area contributed by atoms with Crippen LogP contribution < -0.4 is 40.2 Å². The van der Waals surface area contributed by atoms with Gasteiger partial charge in [0.1, 0.15) is 10.1 Å². The maximum absolute atomic E-state index is 11.3. The summed E-state index contributed by atoms with van der Waals surface area (Å²) < 4.78 is 33.9. The second-order valence-electron chi connectivity index (χ2n) is 4.88. The molecule has 6 heteroatoms. The molecule has 1 atom stereocenters. The second-order valence-corrected chi connectivity index (χ2v) is 7.59. The average molecular weight is 344 g/mol. The van der Waals surface area contributed by atoms with Crippen molar-refractivity contribution in [3.8, 4) is 0 Å². The summed E-state index contributed by atoms with van der Waals surface area (Å²) in [5.41, 5.74) is 1.25. The SMILES string of the molecule is CCCCc1cccc(Pc2ccccc2S(=O)(=O)[O-])c1.[Na+]. The Hall–Kier alpha value is -0.220. The van der Waals surface area contributed by atoms with Gasteiger partial charge < -0.3 is 4.55 Å². The van der Waals surface area contributed by atoms with E-state index in [4.69, 9.17) is 0 Å². The molecule has 112 valence electrons. The zero-order chi connectivity index (χ0) is 15.3. The first-order valence-electron chi connectivity index (χ1n) is 6.91. The molecule has 0 aliphatic carbocycles. The van der Waals surface area contributed by atoms with Crippen LogP contribution in [0.3, 0.4) is 0 Å². The molecular weight excluding hydrogens is 326 g/mol. The minimum Gasteiger partial charge on any atom is -0.744 e. The molecule has 0 fully saturated rings. The van der Waals surface area contributed by atoms with Gasteiger partial charge in [-0.05, 0) is 35.1 Å². The molecule has 0 aliphatic rings. The molecule has 2 rings (SSSR count). The van der Waals surface area contributed by atoms with Gasteiger partial charge in [-0.2, -0.15) is 0 Å². The van der Waals surface area contributed by atoms with Gasteiger partial charge in [-0.25, -0.2) is 8.42 Å². The van der Waals surface area contributed by atoms with Crippen LogP contribution in [0.2, 0.25) is 0 Å². The summed E-state index contributed by atoms with van der Waals surface area (Å²) in [7, 11) is -4.25. The Morgan fingerprint density at radius 1 is 1.09 bits per heavy atom. The topological polar surface area (TPSA) is 57.2 Å². The summed E-state index contributed by atoms with van der Waals surface area (Å²) in [5, 5.41) is 1.64. The Balaban J connectivity index is 0.00000242. The van der Waals surface area contributed by atoms with Gasteiger partial charge >= 0.3 is 29.6 Å². The predicted molar refractivity (Wildman–Crippen MR) is 87.0 cm³/mol. The molecule has 2 aromatic rings. The van der Waals surface area contributed by atoms with E-state index in [0.717, 1.165) is 24.6 Å². The molecule has 0 bridgehead atoms. The Morgan fingerprint density at radius 3 is 2.50 bits per heavy atom. The third-order valence-electron chi connectivity index (χ3n) is 3.18. The molecule has 3 nitrogen and oxygen atoms in total. The van der Waals surface area contributed by atoms with Crippen molar-refractivity contribution >= 4 is 29.3 Å². The van der Waals surface area contributed by atoms with E-state index in [1.54, 1.807) is 18.2 Å². The van der Waals surface area contributed by atoms with E-state index in [0.29, 0.717) is 5.30 Å². The molecule has 2 aromatic carbocycles. The van der Waals surface area contributed by atoms with Gasteiger partial charge in [-0.1, -0.05) is 64.4 Å². The molecule has 0 heterocycles. The predicted octanol–water partition coefficient (Wildman–Crippen LogP) is -0.433. The van der Waals surface area contributed by atoms with E-state index in [1.165, 1.54) is 11.6 Å². The van der Waals surface area contributed by atoms with E-state index in [2.05, 4.69) is 19.1 Å². The molecule has 0 spiro atoms. The number of aryl methyl sites for hydroxylation is 1.